The van der Waals surface area contributed by atoms with E-state index in [9.17, 15) is 14.0 Å². The van der Waals surface area contributed by atoms with Crippen molar-refractivity contribution < 1.29 is 18.7 Å². The Hall–Kier alpha value is -2.89. The van der Waals surface area contributed by atoms with E-state index >= 15 is 0 Å². The van der Waals surface area contributed by atoms with Gasteiger partial charge in [0.2, 0.25) is 5.91 Å². The Morgan fingerprint density at radius 3 is 2.33 bits per heavy atom. The Labute approximate surface area is 158 Å². The second-order valence-electron chi connectivity index (χ2n) is 6.67. The average Bonchev–Trinajstić information content (AvgIpc) is 2.70. The molecule has 1 heterocycles. The molecular weight excluding hydrogens is 347 g/mol. The van der Waals surface area contributed by atoms with Crippen LogP contribution in [0.15, 0.2) is 54.6 Å². The van der Waals surface area contributed by atoms with Crippen LogP contribution < -0.4 is 10.1 Å². The molecule has 0 bridgehead atoms. The van der Waals surface area contributed by atoms with E-state index in [0.717, 1.165) is 5.69 Å². The number of nitrogens with zero attached hydrogens (tertiary/aromatic N) is 1. The van der Waals surface area contributed by atoms with Crippen LogP contribution in [-0.4, -0.2) is 35.9 Å². The molecule has 1 fully saturated rings. The zero-order chi connectivity index (χ0) is 19.2. The molecule has 1 N–H and O–H groups in total. The van der Waals surface area contributed by atoms with Gasteiger partial charge in [-0.2, -0.15) is 0 Å². The van der Waals surface area contributed by atoms with Crippen molar-refractivity contribution in [3.63, 3.8) is 0 Å². The van der Waals surface area contributed by atoms with E-state index in [1.807, 2.05) is 30.3 Å². The summed E-state index contributed by atoms with van der Waals surface area (Å²) >= 11 is 0. The number of amides is 2. The lowest BCUT2D eigenvalue weighted by atomic mass is 9.95. The van der Waals surface area contributed by atoms with Gasteiger partial charge in [-0.1, -0.05) is 18.2 Å². The van der Waals surface area contributed by atoms with Crippen LogP contribution >= 0.6 is 0 Å². The molecule has 1 aliphatic heterocycles. The number of ether oxygens (including phenoxy) is 1. The number of benzene rings is 2. The molecule has 1 saturated heterocycles. The Balaban J connectivity index is 1.48. The number of halogens is 1. The molecule has 0 aromatic heterocycles. The first kappa shape index (κ1) is 18.9. The molecule has 2 aromatic carbocycles. The summed E-state index contributed by atoms with van der Waals surface area (Å²) in [5, 5.41) is 2.92. The summed E-state index contributed by atoms with van der Waals surface area (Å²) in [6.07, 6.45) is 0.576. The number of hydrogen-bond acceptors (Lipinski definition) is 3. The average molecular weight is 370 g/mol. The van der Waals surface area contributed by atoms with Gasteiger partial charge in [-0.05, 0) is 56.2 Å². The summed E-state index contributed by atoms with van der Waals surface area (Å²) < 4.78 is 18.6. The first-order valence-corrected chi connectivity index (χ1v) is 9.10. The number of piperidine rings is 1. The summed E-state index contributed by atoms with van der Waals surface area (Å²) in [6, 6.07) is 14.9. The van der Waals surface area contributed by atoms with E-state index in [1.165, 1.54) is 24.3 Å². The second kappa shape index (κ2) is 8.66. The minimum atomic E-state index is -0.662. The number of carbonyl (C=O) groups is 2. The van der Waals surface area contributed by atoms with E-state index in [-0.39, 0.29) is 23.5 Å². The summed E-state index contributed by atoms with van der Waals surface area (Å²) in [7, 11) is 0. The Kier molecular flexibility index (Phi) is 6.06. The maximum atomic E-state index is 12.9. The Bertz CT molecular complexity index is 772. The fourth-order valence-electron chi connectivity index (χ4n) is 3.15. The van der Waals surface area contributed by atoms with E-state index in [0.29, 0.717) is 31.7 Å². The van der Waals surface area contributed by atoms with Gasteiger partial charge < -0.3 is 15.0 Å². The Morgan fingerprint density at radius 1 is 1.07 bits per heavy atom. The zero-order valence-corrected chi connectivity index (χ0v) is 15.2. The first-order valence-electron chi connectivity index (χ1n) is 9.10. The fraction of sp³-hybridized carbons (Fsp3) is 0.333. The third kappa shape index (κ3) is 5.06. The standard InChI is InChI=1S/C21H23FN2O3/c1-15(27-19-9-7-17(22)8-10-19)21(26)24-13-11-16(12-14-24)20(25)23-18-5-3-2-4-6-18/h2-10,15-16H,11-14H2,1H3,(H,23,25)/t15-/m1/s1. The van der Waals surface area contributed by atoms with Gasteiger partial charge in [0.1, 0.15) is 11.6 Å². The smallest absolute Gasteiger partial charge is 0.263 e. The minimum absolute atomic E-state index is 0.0103. The van der Waals surface area contributed by atoms with Crippen LogP contribution in [0.1, 0.15) is 19.8 Å². The molecule has 1 atom stereocenters. The van der Waals surface area contributed by atoms with Crippen LogP contribution in [0.25, 0.3) is 0 Å². The van der Waals surface area contributed by atoms with Gasteiger partial charge in [0, 0.05) is 24.7 Å². The van der Waals surface area contributed by atoms with E-state index in [1.54, 1.807) is 11.8 Å². The maximum absolute atomic E-state index is 12.9. The van der Waals surface area contributed by atoms with E-state index in [4.69, 9.17) is 4.74 Å². The minimum Gasteiger partial charge on any atom is -0.481 e. The van der Waals surface area contributed by atoms with Crippen molar-refractivity contribution in [2.24, 2.45) is 5.92 Å². The highest BCUT2D eigenvalue weighted by Gasteiger charge is 2.30. The predicted molar refractivity (Wildman–Crippen MR) is 101 cm³/mol. The van der Waals surface area contributed by atoms with E-state index in [2.05, 4.69) is 5.32 Å². The molecule has 27 heavy (non-hydrogen) atoms. The van der Waals surface area contributed by atoms with Crippen LogP contribution in [0.3, 0.4) is 0 Å². The van der Waals surface area contributed by atoms with Crippen molar-refractivity contribution in [2.45, 2.75) is 25.9 Å². The zero-order valence-electron chi connectivity index (χ0n) is 15.2. The van der Waals surface area contributed by atoms with Crippen LogP contribution in [0.4, 0.5) is 10.1 Å². The van der Waals surface area contributed by atoms with Crippen LogP contribution in [0.2, 0.25) is 0 Å². The third-order valence-electron chi connectivity index (χ3n) is 4.69. The largest absolute Gasteiger partial charge is 0.481 e. The molecule has 0 saturated carbocycles. The fourth-order valence-corrected chi connectivity index (χ4v) is 3.15. The third-order valence-corrected chi connectivity index (χ3v) is 4.69. The number of nitrogens with one attached hydrogen (secondary N) is 1. The number of likely N-dealkylation sites (tertiary alicyclic amines) is 1. The van der Waals surface area contributed by atoms with Gasteiger partial charge in [-0.3, -0.25) is 9.59 Å². The molecule has 0 unspecified atom stereocenters. The van der Waals surface area contributed by atoms with Crippen molar-refractivity contribution in [1.82, 2.24) is 4.90 Å². The number of hydrogen-bond donors (Lipinski definition) is 1. The highest BCUT2D eigenvalue weighted by atomic mass is 19.1. The van der Waals surface area contributed by atoms with E-state index < -0.39 is 6.10 Å². The lowest BCUT2D eigenvalue weighted by Crippen LogP contribution is -2.46. The lowest BCUT2D eigenvalue weighted by molar-refractivity contribution is -0.140. The lowest BCUT2D eigenvalue weighted by Gasteiger charge is -2.33. The molecule has 1 aliphatic rings. The summed E-state index contributed by atoms with van der Waals surface area (Å²) in [4.78, 5) is 26.7. The SMILES string of the molecule is C[C@@H](Oc1ccc(F)cc1)C(=O)N1CCC(C(=O)Nc2ccccc2)CC1. The van der Waals surface area contributed by atoms with Gasteiger partial charge in [-0.15, -0.1) is 0 Å². The first-order chi connectivity index (χ1) is 13.0. The summed E-state index contributed by atoms with van der Waals surface area (Å²) in [5.41, 5.74) is 0.780. The Morgan fingerprint density at radius 2 is 1.70 bits per heavy atom. The van der Waals surface area contributed by atoms with Crippen molar-refractivity contribution in [3.05, 3.63) is 60.4 Å². The summed E-state index contributed by atoms with van der Waals surface area (Å²) in [5.74, 6) is -0.140. The molecule has 3 rings (SSSR count). The normalized spacial score (nSPS) is 15.9. The molecule has 0 radical (unpaired) electrons. The molecule has 142 valence electrons. The highest BCUT2D eigenvalue weighted by molar-refractivity contribution is 5.92. The molecule has 0 aliphatic carbocycles. The molecule has 2 amide bonds. The molecule has 2 aromatic rings. The molecule has 0 spiro atoms. The number of anilines is 1. The van der Waals surface area contributed by atoms with Crippen molar-refractivity contribution in [3.8, 4) is 5.75 Å². The number of carbonyl (C=O) groups excluding carboxylic acids is 2. The molecule has 5 nitrogen and oxygen atoms in total. The second-order valence-corrected chi connectivity index (χ2v) is 6.67. The highest BCUT2D eigenvalue weighted by Crippen LogP contribution is 2.21. The summed E-state index contributed by atoms with van der Waals surface area (Å²) in [6.45, 7) is 2.71. The molecule has 6 heteroatoms. The van der Waals surface area contributed by atoms with Gasteiger partial charge in [0.25, 0.3) is 5.91 Å². The number of rotatable bonds is 5. The van der Waals surface area contributed by atoms with Crippen LogP contribution in [-0.2, 0) is 9.59 Å². The topological polar surface area (TPSA) is 58.6 Å². The van der Waals surface area contributed by atoms with Crippen LogP contribution in [0.5, 0.6) is 5.75 Å². The van der Waals surface area contributed by atoms with Crippen molar-refractivity contribution in [1.29, 1.82) is 0 Å². The number of para-hydroxylation sites is 1. The van der Waals surface area contributed by atoms with Crippen molar-refractivity contribution in [2.75, 3.05) is 18.4 Å². The maximum Gasteiger partial charge on any atom is 0.263 e. The van der Waals surface area contributed by atoms with Crippen LogP contribution in [0, 0.1) is 11.7 Å². The van der Waals surface area contributed by atoms with Gasteiger partial charge in [0.05, 0.1) is 0 Å². The van der Waals surface area contributed by atoms with Crippen molar-refractivity contribution >= 4 is 17.5 Å². The van der Waals surface area contributed by atoms with Gasteiger partial charge in [-0.25, -0.2) is 4.39 Å². The predicted octanol–water partition coefficient (Wildman–Crippen LogP) is 3.47. The van der Waals surface area contributed by atoms with Gasteiger partial charge >= 0.3 is 0 Å². The molecular formula is C21H23FN2O3. The monoisotopic (exact) mass is 370 g/mol. The van der Waals surface area contributed by atoms with Gasteiger partial charge in [0.15, 0.2) is 6.10 Å². The quantitative estimate of drug-likeness (QED) is 0.877.